The first-order valence-electron chi connectivity index (χ1n) is 7.37. The number of nitrogens with one attached hydrogen (secondary N) is 1. The molecule has 0 amide bonds. The van der Waals surface area contributed by atoms with Crippen molar-refractivity contribution in [1.29, 1.82) is 0 Å². The van der Waals surface area contributed by atoms with Crippen LogP contribution in [-0.2, 0) is 0 Å². The van der Waals surface area contributed by atoms with Gasteiger partial charge in [0.05, 0.1) is 12.1 Å². The Hall–Kier alpha value is -0.160. The van der Waals surface area contributed by atoms with Gasteiger partial charge in [-0.1, -0.05) is 0 Å². The van der Waals surface area contributed by atoms with Crippen LogP contribution in [0.3, 0.4) is 0 Å². The molecule has 2 aliphatic rings. The molecular formula is C14H29N3O. The van der Waals surface area contributed by atoms with Gasteiger partial charge in [0, 0.05) is 44.8 Å². The largest absolute Gasteiger partial charge is 0.394 e. The number of nitrogens with zero attached hydrogens (tertiary/aromatic N) is 2. The second kappa shape index (κ2) is 5.87. The van der Waals surface area contributed by atoms with Gasteiger partial charge in [-0.05, 0) is 33.6 Å². The second-order valence-electron chi connectivity index (χ2n) is 6.54. The predicted octanol–water partition coefficient (Wildman–Crippen LogP) is 0.515. The van der Waals surface area contributed by atoms with Gasteiger partial charge >= 0.3 is 0 Å². The van der Waals surface area contributed by atoms with E-state index in [4.69, 9.17) is 0 Å². The number of aliphatic hydroxyl groups is 1. The van der Waals surface area contributed by atoms with Gasteiger partial charge in [0.15, 0.2) is 0 Å². The fourth-order valence-corrected chi connectivity index (χ4v) is 2.79. The van der Waals surface area contributed by atoms with Crippen LogP contribution in [0.5, 0.6) is 0 Å². The van der Waals surface area contributed by atoms with Crippen molar-refractivity contribution in [1.82, 2.24) is 15.1 Å². The zero-order valence-electron chi connectivity index (χ0n) is 12.2. The highest BCUT2D eigenvalue weighted by Crippen LogP contribution is 2.23. The quantitative estimate of drug-likeness (QED) is 0.726. The van der Waals surface area contributed by atoms with Crippen LogP contribution in [0.4, 0.5) is 0 Å². The average Bonchev–Trinajstić information content (AvgIpc) is 3.13. The molecule has 106 valence electrons. The first kappa shape index (κ1) is 14.3. The van der Waals surface area contributed by atoms with Crippen LogP contribution in [0.25, 0.3) is 0 Å². The monoisotopic (exact) mass is 255 g/mol. The summed E-state index contributed by atoms with van der Waals surface area (Å²) in [6.45, 7) is 12.4. The van der Waals surface area contributed by atoms with Gasteiger partial charge in [0.25, 0.3) is 0 Å². The third-order valence-electron chi connectivity index (χ3n) is 4.19. The summed E-state index contributed by atoms with van der Waals surface area (Å²) in [6.07, 6.45) is 2.55. The lowest BCUT2D eigenvalue weighted by Crippen LogP contribution is -2.58. The van der Waals surface area contributed by atoms with Crippen LogP contribution in [0.2, 0.25) is 0 Å². The Kier molecular flexibility index (Phi) is 4.64. The molecule has 0 aromatic rings. The summed E-state index contributed by atoms with van der Waals surface area (Å²) >= 11 is 0. The molecule has 4 nitrogen and oxygen atoms in total. The summed E-state index contributed by atoms with van der Waals surface area (Å²) in [6, 6.07) is 1.31. The number of aliphatic hydroxyl groups excluding tert-OH is 1. The number of rotatable bonds is 6. The molecule has 1 aliphatic heterocycles. The minimum Gasteiger partial charge on any atom is -0.394 e. The van der Waals surface area contributed by atoms with Crippen LogP contribution in [-0.4, -0.2) is 71.9 Å². The zero-order chi connectivity index (χ0) is 13.2. The topological polar surface area (TPSA) is 38.7 Å². The Labute approximate surface area is 111 Å². The van der Waals surface area contributed by atoms with Crippen LogP contribution in [0, 0.1) is 0 Å². The molecule has 2 N–H and O–H groups in total. The molecule has 1 aliphatic carbocycles. The molecule has 0 bridgehead atoms. The molecular weight excluding hydrogens is 226 g/mol. The van der Waals surface area contributed by atoms with Crippen LogP contribution >= 0.6 is 0 Å². The number of hydrogen-bond donors (Lipinski definition) is 2. The lowest BCUT2D eigenvalue weighted by atomic mass is 10.0. The van der Waals surface area contributed by atoms with E-state index in [2.05, 4.69) is 35.9 Å². The molecule has 1 atom stereocenters. The summed E-state index contributed by atoms with van der Waals surface area (Å²) in [4.78, 5) is 5.02. The van der Waals surface area contributed by atoms with E-state index in [0.29, 0.717) is 12.1 Å². The SMILES string of the molecule is CC(C)N1CCN(CC(C)(CO)NC2CC2)CC1. The number of hydrogen-bond acceptors (Lipinski definition) is 4. The van der Waals surface area contributed by atoms with E-state index in [-0.39, 0.29) is 12.1 Å². The highest BCUT2D eigenvalue weighted by molar-refractivity contribution is 4.95. The van der Waals surface area contributed by atoms with E-state index < -0.39 is 0 Å². The van der Waals surface area contributed by atoms with Crippen molar-refractivity contribution in [3.05, 3.63) is 0 Å². The zero-order valence-corrected chi connectivity index (χ0v) is 12.2. The normalized spacial score (nSPS) is 26.5. The Morgan fingerprint density at radius 1 is 1.22 bits per heavy atom. The van der Waals surface area contributed by atoms with Crippen molar-refractivity contribution < 1.29 is 5.11 Å². The van der Waals surface area contributed by atoms with Crippen molar-refractivity contribution in [2.45, 2.75) is 51.2 Å². The van der Waals surface area contributed by atoms with Crippen molar-refractivity contribution >= 4 is 0 Å². The maximum absolute atomic E-state index is 9.63. The van der Waals surface area contributed by atoms with Gasteiger partial charge in [0.2, 0.25) is 0 Å². The smallest absolute Gasteiger partial charge is 0.0623 e. The van der Waals surface area contributed by atoms with Crippen molar-refractivity contribution in [2.24, 2.45) is 0 Å². The van der Waals surface area contributed by atoms with E-state index in [0.717, 1.165) is 32.7 Å². The van der Waals surface area contributed by atoms with E-state index in [1.165, 1.54) is 12.8 Å². The first-order chi connectivity index (χ1) is 8.52. The maximum Gasteiger partial charge on any atom is 0.0623 e. The van der Waals surface area contributed by atoms with Crippen molar-refractivity contribution in [3.8, 4) is 0 Å². The van der Waals surface area contributed by atoms with Gasteiger partial charge in [-0.25, -0.2) is 0 Å². The second-order valence-corrected chi connectivity index (χ2v) is 6.54. The minimum absolute atomic E-state index is 0.124. The highest BCUT2D eigenvalue weighted by Gasteiger charge is 2.34. The molecule has 1 saturated carbocycles. The third kappa shape index (κ3) is 3.92. The molecule has 1 saturated heterocycles. The highest BCUT2D eigenvalue weighted by atomic mass is 16.3. The molecule has 0 spiro atoms. The molecule has 0 aromatic heterocycles. The van der Waals surface area contributed by atoms with E-state index in [1.54, 1.807) is 0 Å². The van der Waals surface area contributed by atoms with Gasteiger partial charge < -0.3 is 10.4 Å². The van der Waals surface area contributed by atoms with Crippen LogP contribution < -0.4 is 5.32 Å². The van der Waals surface area contributed by atoms with Gasteiger partial charge in [0.1, 0.15) is 0 Å². The van der Waals surface area contributed by atoms with E-state index in [9.17, 15) is 5.11 Å². The fourth-order valence-electron chi connectivity index (χ4n) is 2.79. The molecule has 0 radical (unpaired) electrons. The van der Waals surface area contributed by atoms with Crippen molar-refractivity contribution in [3.63, 3.8) is 0 Å². The summed E-state index contributed by atoms with van der Waals surface area (Å²) in [5.74, 6) is 0. The standard InChI is InChI=1S/C14H29N3O/c1-12(2)17-8-6-16(7-9-17)10-14(3,11-18)15-13-4-5-13/h12-13,15,18H,4-11H2,1-3H3. The predicted molar refractivity (Wildman–Crippen MR) is 74.8 cm³/mol. The van der Waals surface area contributed by atoms with Crippen LogP contribution in [0.1, 0.15) is 33.6 Å². The molecule has 0 aromatic carbocycles. The van der Waals surface area contributed by atoms with Crippen LogP contribution in [0.15, 0.2) is 0 Å². The Morgan fingerprint density at radius 3 is 2.28 bits per heavy atom. The molecule has 18 heavy (non-hydrogen) atoms. The maximum atomic E-state index is 9.63. The first-order valence-corrected chi connectivity index (χ1v) is 7.37. The summed E-state index contributed by atoms with van der Waals surface area (Å²) in [5.41, 5.74) is -0.124. The fraction of sp³-hybridized carbons (Fsp3) is 1.00. The Balaban J connectivity index is 1.78. The molecule has 2 fully saturated rings. The number of piperazine rings is 1. The molecule has 2 rings (SSSR count). The molecule has 1 unspecified atom stereocenters. The lowest BCUT2D eigenvalue weighted by molar-refractivity contribution is 0.0666. The molecule has 1 heterocycles. The Bertz CT molecular complexity index is 260. The van der Waals surface area contributed by atoms with E-state index >= 15 is 0 Å². The summed E-state index contributed by atoms with van der Waals surface area (Å²) in [5, 5.41) is 13.2. The molecule has 4 heteroatoms. The lowest BCUT2D eigenvalue weighted by Gasteiger charge is -2.41. The minimum atomic E-state index is -0.124. The average molecular weight is 255 g/mol. The Morgan fingerprint density at radius 2 is 1.83 bits per heavy atom. The third-order valence-corrected chi connectivity index (χ3v) is 4.19. The van der Waals surface area contributed by atoms with Gasteiger partial charge in [-0.2, -0.15) is 0 Å². The van der Waals surface area contributed by atoms with Gasteiger partial charge in [-0.15, -0.1) is 0 Å². The van der Waals surface area contributed by atoms with Gasteiger partial charge in [-0.3, -0.25) is 9.80 Å². The summed E-state index contributed by atoms with van der Waals surface area (Å²) < 4.78 is 0. The van der Waals surface area contributed by atoms with Crippen molar-refractivity contribution in [2.75, 3.05) is 39.3 Å². The van der Waals surface area contributed by atoms with E-state index in [1.807, 2.05) is 0 Å². The summed E-state index contributed by atoms with van der Waals surface area (Å²) in [7, 11) is 0.